The second-order valence-corrected chi connectivity index (χ2v) is 4.26. The largest absolute Gasteiger partial charge is 0.454 e. The molecule has 90 valence electrons. The molecule has 1 fully saturated rings. The van der Waals surface area contributed by atoms with Crippen LogP contribution in [0.4, 0.5) is 4.79 Å². The summed E-state index contributed by atoms with van der Waals surface area (Å²) in [6.45, 7) is 0.594. The summed E-state index contributed by atoms with van der Waals surface area (Å²) < 4.78 is 15.3. The van der Waals surface area contributed by atoms with E-state index >= 15 is 0 Å². The highest BCUT2D eigenvalue weighted by Gasteiger charge is 2.25. The van der Waals surface area contributed by atoms with E-state index in [4.69, 9.17) is 25.8 Å². The van der Waals surface area contributed by atoms with Gasteiger partial charge in [-0.2, -0.15) is 0 Å². The van der Waals surface area contributed by atoms with E-state index in [-0.39, 0.29) is 12.8 Å². The highest BCUT2D eigenvalue weighted by molar-refractivity contribution is 6.31. The average Bonchev–Trinajstić information content (AvgIpc) is 2.75. The number of rotatable bonds is 1. The molecule has 0 saturated carbocycles. The summed E-state index contributed by atoms with van der Waals surface area (Å²) in [6.07, 6.45) is 0.264. The molecule has 3 rings (SSSR count). The lowest BCUT2D eigenvalue weighted by atomic mass is 10.0. The Morgan fingerprint density at radius 1 is 1.24 bits per heavy atom. The molecule has 1 N–H and O–H groups in total. The third-order valence-corrected chi connectivity index (χ3v) is 3.13. The van der Waals surface area contributed by atoms with Gasteiger partial charge in [-0.05, 0) is 11.6 Å². The Kier molecular flexibility index (Phi) is 2.48. The predicted molar refractivity (Wildman–Crippen MR) is 59.4 cm³/mol. The molecule has 6 heteroatoms. The van der Waals surface area contributed by atoms with Crippen LogP contribution in [-0.4, -0.2) is 19.5 Å². The van der Waals surface area contributed by atoms with Crippen molar-refractivity contribution in [3.63, 3.8) is 0 Å². The lowest BCUT2D eigenvalue weighted by molar-refractivity contribution is 0.115. The highest BCUT2D eigenvalue weighted by atomic mass is 35.5. The van der Waals surface area contributed by atoms with Crippen molar-refractivity contribution < 1.29 is 19.0 Å². The van der Waals surface area contributed by atoms with Crippen molar-refractivity contribution in [1.82, 2.24) is 5.32 Å². The summed E-state index contributed by atoms with van der Waals surface area (Å²) >= 11 is 6.16. The molecule has 1 saturated heterocycles. The average molecular weight is 256 g/mol. The van der Waals surface area contributed by atoms with Gasteiger partial charge in [0.2, 0.25) is 6.79 Å². The first-order chi connectivity index (χ1) is 8.24. The van der Waals surface area contributed by atoms with E-state index in [2.05, 4.69) is 5.32 Å². The zero-order valence-electron chi connectivity index (χ0n) is 8.86. The third-order valence-electron chi connectivity index (χ3n) is 2.80. The second-order valence-electron chi connectivity index (χ2n) is 3.85. The van der Waals surface area contributed by atoms with Crippen LogP contribution in [0.25, 0.3) is 0 Å². The van der Waals surface area contributed by atoms with Gasteiger partial charge in [-0.15, -0.1) is 0 Å². The first-order valence-electron chi connectivity index (χ1n) is 5.26. The highest BCUT2D eigenvalue weighted by Crippen LogP contribution is 2.39. The zero-order valence-corrected chi connectivity index (χ0v) is 9.62. The molecule has 0 bridgehead atoms. The summed E-state index contributed by atoms with van der Waals surface area (Å²) in [5, 5.41) is 3.28. The molecule has 0 radical (unpaired) electrons. The third kappa shape index (κ3) is 1.86. The number of alkyl carbamates (subject to hydrolysis) is 1. The van der Waals surface area contributed by atoms with Crippen LogP contribution in [0.15, 0.2) is 12.1 Å². The Hall–Kier alpha value is -1.62. The first kappa shape index (κ1) is 10.5. The van der Waals surface area contributed by atoms with Crippen molar-refractivity contribution in [3.05, 3.63) is 22.7 Å². The minimum absolute atomic E-state index is 0.141. The van der Waals surface area contributed by atoms with Gasteiger partial charge < -0.3 is 19.5 Å². The Morgan fingerprint density at radius 3 is 2.76 bits per heavy atom. The monoisotopic (exact) mass is 255 g/mol. The predicted octanol–water partition coefficient (Wildman–Crippen LogP) is 2.24. The van der Waals surface area contributed by atoms with Crippen LogP contribution < -0.4 is 14.8 Å². The molecule has 1 amide bonds. The number of amides is 1. The van der Waals surface area contributed by atoms with Gasteiger partial charge in [0.1, 0.15) is 0 Å². The number of hydrogen-bond donors (Lipinski definition) is 1. The van der Waals surface area contributed by atoms with Gasteiger partial charge >= 0.3 is 6.09 Å². The first-order valence-corrected chi connectivity index (χ1v) is 5.64. The van der Waals surface area contributed by atoms with Crippen LogP contribution in [0.3, 0.4) is 0 Å². The molecule has 0 unspecified atom stereocenters. The Morgan fingerprint density at radius 2 is 2.00 bits per heavy atom. The van der Waals surface area contributed by atoms with E-state index in [0.717, 1.165) is 5.56 Å². The summed E-state index contributed by atoms with van der Waals surface area (Å²) in [7, 11) is 0. The molecular weight excluding hydrogens is 246 g/mol. The number of halogens is 1. The molecule has 2 aliphatic heterocycles. The van der Waals surface area contributed by atoms with Gasteiger partial charge in [0.15, 0.2) is 11.5 Å². The lowest BCUT2D eigenvalue weighted by Gasteiger charge is -2.24. The number of cyclic esters (lactones) is 1. The number of benzene rings is 1. The molecule has 0 aromatic heterocycles. The van der Waals surface area contributed by atoms with Gasteiger partial charge in [-0.25, -0.2) is 4.79 Å². The quantitative estimate of drug-likeness (QED) is 0.836. The van der Waals surface area contributed by atoms with Crippen LogP contribution in [-0.2, 0) is 4.74 Å². The number of nitrogens with one attached hydrogen (secondary N) is 1. The van der Waals surface area contributed by atoms with Gasteiger partial charge in [0.25, 0.3) is 0 Å². The van der Waals surface area contributed by atoms with E-state index in [1.165, 1.54) is 0 Å². The van der Waals surface area contributed by atoms with Crippen LogP contribution >= 0.6 is 11.6 Å². The molecule has 1 atom stereocenters. The fourth-order valence-corrected chi connectivity index (χ4v) is 2.24. The zero-order chi connectivity index (χ0) is 11.8. The Labute approximate surface area is 103 Å². The van der Waals surface area contributed by atoms with E-state index < -0.39 is 6.09 Å². The van der Waals surface area contributed by atoms with Crippen LogP contribution in [0, 0.1) is 0 Å². The van der Waals surface area contributed by atoms with Gasteiger partial charge in [-0.3, -0.25) is 0 Å². The standard InChI is InChI=1S/C11H10ClNO4/c12-7-4-10-9(16-5-17-10)3-6(7)8-1-2-15-11(14)13-8/h3-4,8H,1-2,5H2,(H,13,14)/t8-/m1/s1. The summed E-state index contributed by atoms with van der Waals surface area (Å²) in [5.74, 6) is 1.29. The van der Waals surface area contributed by atoms with E-state index in [9.17, 15) is 4.79 Å². The van der Waals surface area contributed by atoms with Crippen molar-refractivity contribution in [2.75, 3.05) is 13.4 Å². The van der Waals surface area contributed by atoms with E-state index in [0.29, 0.717) is 29.5 Å². The molecule has 1 aromatic carbocycles. The molecular formula is C11H10ClNO4. The second kappa shape index (κ2) is 4.00. The Balaban J connectivity index is 1.94. The number of fused-ring (bicyclic) bond motifs is 1. The van der Waals surface area contributed by atoms with Crippen LogP contribution in [0.1, 0.15) is 18.0 Å². The number of hydrogen-bond acceptors (Lipinski definition) is 4. The maximum absolute atomic E-state index is 11.2. The molecule has 2 aliphatic rings. The number of ether oxygens (including phenoxy) is 3. The molecule has 0 spiro atoms. The minimum atomic E-state index is -0.421. The Bertz CT molecular complexity index is 477. The van der Waals surface area contributed by atoms with Crippen molar-refractivity contribution in [2.45, 2.75) is 12.5 Å². The van der Waals surface area contributed by atoms with Gasteiger partial charge in [-0.1, -0.05) is 11.6 Å². The smallest absolute Gasteiger partial charge is 0.407 e. The fourth-order valence-electron chi connectivity index (χ4n) is 1.96. The van der Waals surface area contributed by atoms with E-state index in [1.54, 1.807) is 12.1 Å². The number of carbonyl (C=O) groups excluding carboxylic acids is 1. The van der Waals surface area contributed by atoms with E-state index in [1.807, 2.05) is 0 Å². The van der Waals surface area contributed by atoms with Gasteiger partial charge in [0, 0.05) is 17.5 Å². The SMILES string of the molecule is O=C1N[C@@H](c2cc3c(cc2Cl)OCO3)CCO1. The molecule has 1 aromatic rings. The van der Waals surface area contributed by atoms with Crippen molar-refractivity contribution in [3.8, 4) is 11.5 Å². The maximum atomic E-state index is 11.2. The molecule has 2 heterocycles. The summed E-state index contributed by atoms with van der Waals surface area (Å²) in [4.78, 5) is 11.2. The normalized spacial score (nSPS) is 21.9. The minimum Gasteiger partial charge on any atom is -0.454 e. The molecule has 17 heavy (non-hydrogen) atoms. The van der Waals surface area contributed by atoms with Crippen molar-refractivity contribution in [1.29, 1.82) is 0 Å². The summed E-state index contributed by atoms with van der Waals surface area (Å²) in [5.41, 5.74) is 0.826. The van der Waals surface area contributed by atoms with Crippen LogP contribution in [0.5, 0.6) is 11.5 Å². The van der Waals surface area contributed by atoms with Crippen molar-refractivity contribution >= 4 is 17.7 Å². The van der Waals surface area contributed by atoms with Crippen molar-refractivity contribution in [2.24, 2.45) is 0 Å². The topological polar surface area (TPSA) is 56.8 Å². The molecule has 0 aliphatic carbocycles. The molecule has 5 nitrogen and oxygen atoms in total. The summed E-state index contributed by atoms with van der Waals surface area (Å²) in [6, 6.07) is 3.38. The number of carbonyl (C=O) groups is 1. The van der Waals surface area contributed by atoms with Crippen LogP contribution in [0.2, 0.25) is 5.02 Å². The fraction of sp³-hybridized carbons (Fsp3) is 0.364. The lowest BCUT2D eigenvalue weighted by Crippen LogP contribution is -2.35. The maximum Gasteiger partial charge on any atom is 0.407 e. The van der Waals surface area contributed by atoms with Gasteiger partial charge in [0.05, 0.1) is 12.6 Å².